The number of fused-ring (bicyclic) bond motifs is 1. The van der Waals surface area contributed by atoms with E-state index in [0.717, 1.165) is 55.8 Å². The van der Waals surface area contributed by atoms with Crippen LogP contribution in [0.1, 0.15) is 59.0 Å². The molecule has 1 aromatic carbocycles. The summed E-state index contributed by atoms with van der Waals surface area (Å²) in [6.07, 6.45) is 6.14. The Hall–Kier alpha value is -1.92. The number of halogens is 1. The van der Waals surface area contributed by atoms with Gasteiger partial charge in [0.25, 0.3) is 5.91 Å². The van der Waals surface area contributed by atoms with Crippen molar-refractivity contribution in [2.45, 2.75) is 44.4 Å². The number of nitrogens with one attached hydrogen (secondary N) is 1. The summed E-state index contributed by atoms with van der Waals surface area (Å²) in [6, 6.07) is 6.76. The molecule has 1 unspecified atom stereocenters. The normalized spacial score (nSPS) is 19.4. The van der Waals surface area contributed by atoms with Crippen molar-refractivity contribution in [1.82, 2.24) is 9.88 Å². The van der Waals surface area contributed by atoms with E-state index in [1.165, 1.54) is 17.8 Å². The lowest BCUT2D eigenvalue weighted by Crippen LogP contribution is -2.39. The van der Waals surface area contributed by atoms with Crippen molar-refractivity contribution in [2.24, 2.45) is 0 Å². The molecule has 2 heterocycles. The van der Waals surface area contributed by atoms with Crippen molar-refractivity contribution in [3.8, 4) is 0 Å². The fourth-order valence-corrected chi connectivity index (χ4v) is 5.00. The third-order valence-corrected chi connectivity index (χ3v) is 6.55. The minimum atomic E-state index is -0.211. The average molecular weight is 404 g/mol. The summed E-state index contributed by atoms with van der Waals surface area (Å²) < 4.78 is 0. The standard InChI is InChI=1S/C20H22ClN3O2S/c21-14-9-7-13(8-10-14)18(25)23-20-22-17-15(5-4-6-16(17)27-20)19(26)24-11-2-1-3-12-24/h7-10,15H,1-6,11-12H2,(H,22,23,25). The molecule has 1 aliphatic carbocycles. The Labute approximate surface area is 167 Å². The molecule has 1 saturated heterocycles. The van der Waals surface area contributed by atoms with Crippen LogP contribution in [0.15, 0.2) is 24.3 Å². The first-order valence-electron chi connectivity index (χ1n) is 9.47. The van der Waals surface area contributed by atoms with E-state index in [2.05, 4.69) is 10.3 Å². The highest BCUT2D eigenvalue weighted by Crippen LogP contribution is 2.38. The van der Waals surface area contributed by atoms with E-state index in [-0.39, 0.29) is 17.7 Å². The van der Waals surface area contributed by atoms with E-state index in [1.54, 1.807) is 24.3 Å². The second-order valence-corrected chi connectivity index (χ2v) is 8.64. The summed E-state index contributed by atoms with van der Waals surface area (Å²) >= 11 is 7.37. The molecule has 7 heteroatoms. The van der Waals surface area contributed by atoms with Crippen molar-refractivity contribution in [1.29, 1.82) is 0 Å². The molecule has 0 radical (unpaired) electrons. The van der Waals surface area contributed by atoms with Crippen LogP contribution in [0.5, 0.6) is 0 Å². The van der Waals surface area contributed by atoms with Gasteiger partial charge in [0.2, 0.25) is 5.91 Å². The lowest BCUT2D eigenvalue weighted by atomic mass is 9.89. The minimum Gasteiger partial charge on any atom is -0.342 e. The number of likely N-dealkylation sites (tertiary alicyclic amines) is 1. The molecule has 1 N–H and O–H groups in total. The minimum absolute atomic E-state index is 0.163. The molecule has 0 spiro atoms. The molecule has 1 aliphatic heterocycles. The van der Waals surface area contributed by atoms with E-state index in [1.807, 2.05) is 4.90 Å². The second kappa shape index (κ2) is 7.98. The smallest absolute Gasteiger partial charge is 0.257 e. The van der Waals surface area contributed by atoms with Crippen molar-refractivity contribution in [3.05, 3.63) is 45.4 Å². The number of nitrogens with zero attached hydrogens (tertiary/aromatic N) is 2. The summed E-state index contributed by atoms with van der Waals surface area (Å²) in [7, 11) is 0. The zero-order chi connectivity index (χ0) is 18.8. The van der Waals surface area contributed by atoms with Gasteiger partial charge in [0.15, 0.2) is 5.13 Å². The largest absolute Gasteiger partial charge is 0.342 e. The van der Waals surface area contributed by atoms with Gasteiger partial charge in [-0.3, -0.25) is 14.9 Å². The Morgan fingerprint density at radius 3 is 2.59 bits per heavy atom. The molecule has 5 nitrogen and oxygen atoms in total. The van der Waals surface area contributed by atoms with Gasteiger partial charge in [-0.05, 0) is 62.8 Å². The third-order valence-electron chi connectivity index (χ3n) is 5.25. The Kier molecular flexibility index (Phi) is 5.45. The first-order chi connectivity index (χ1) is 13.1. The van der Waals surface area contributed by atoms with Crippen LogP contribution < -0.4 is 5.32 Å². The van der Waals surface area contributed by atoms with Crippen LogP contribution in [0.3, 0.4) is 0 Å². The Balaban J connectivity index is 1.51. The average Bonchev–Trinajstić information content (AvgIpc) is 3.11. The topological polar surface area (TPSA) is 62.3 Å². The molecule has 2 aromatic rings. The highest BCUT2D eigenvalue weighted by molar-refractivity contribution is 7.16. The molecule has 27 heavy (non-hydrogen) atoms. The van der Waals surface area contributed by atoms with Crippen molar-refractivity contribution in [2.75, 3.05) is 18.4 Å². The Bertz CT molecular complexity index is 843. The van der Waals surface area contributed by atoms with E-state index < -0.39 is 0 Å². The van der Waals surface area contributed by atoms with E-state index in [4.69, 9.17) is 11.6 Å². The molecular formula is C20H22ClN3O2S. The number of hydrogen-bond donors (Lipinski definition) is 1. The molecule has 2 amide bonds. The number of aromatic nitrogens is 1. The third kappa shape index (κ3) is 4.01. The lowest BCUT2D eigenvalue weighted by molar-refractivity contribution is -0.134. The van der Waals surface area contributed by atoms with Crippen LogP contribution in [-0.4, -0.2) is 34.8 Å². The molecule has 4 rings (SSSR count). The predicted molar refractivity (Wildman–Crippen MR) is 108 cm³/mol. The molecular weight excluding hydrogens is 382 g/mol. The van der Waals surface area contributed by atoms with Gasteiger partial charge in [-0.2, -0.15) is 0 Å². The first kappa shape index (κ1) is 18.4. The van der Waals surface area contributed by atoms with Crippen LogP contribution in [0.2, 0.25) is 5.02 Å². The number of rotatable bonds is 3. The van der Waals surface area contributed by atoms with Gasteiger partial charge in [-0.15, -0.1) is 11.3 Å². The summed E-state index contributed by atoms with van der Waals surface area (Å²) in [5.41, 5.74) is 1.40. The van der Waals surface area contributed by atoms with Crippen LogP contribution in [0.4, 0.5) is 5.13 Å². The maximum atomic E-state index is 13.0. The molecule has 1 aromatic heterocycles. The molecule has 1 fully saturated rings. The van der Waals surface area contributed by atoms with Crippen LogP contribution in [-0.2, 0) is 11.2 Å². The zero-order valence-corrected chi connectivity index (χ0v) is 16.6. The Morgan fingerprint density at radius 2 is 1.85 bits per heavy atom. The zero-order valence-electron chi connectivity index (χ0n) is 15.0. The highest BCUT2D eigenvalue weighted by Gasteiger charge is 2.33. The monoisotopic (exact) mass is 403 g/mol. The fourth-order valence-electron chi connectivity index (χ4n) is 3.82. The predicted octanol–water partition coefficient (Wildman–Crippen LogP) is 4.48. The SMILES string of the molecule is O=C(Nc1nc2c(s1)CCCC2C(=O)N1CCCCC1)c1ccc(Cl)cc1. The van der Waals surface area contributed by atoms with Gasteiger partial charge in [0.1, 0.15) is 0 Å². The maximum Gasteiger partial charge on any atom is 0.257 e. The van der Waals surface area contributed by atoms with E-state index in [9.17, 15) is 9.59 Å². The van der Waals surface area contributed by atoms with Crippen LogP contribution in [0, 0.1) is 0 Å². The summed E-state index contributed by atoms with van der Waals surface area (Å²) in [5, 5.41) is 4.04. The van der Waals surface area contributed by atoms with Crippen LogP contribution in [0.25, 0.3) is 0 Å². The molecule has 142 valence electrons. The van der Waals surface area contributed by atoms with Crippen molar-refractivity contribution < 1.29 is 9.59 Å². The van der Waals surface area contributed by atoms with Gasteiger partial charge in [0, 0.05) is 28.6 Å². The first-order valence-corrected chi connectivity index (χ1v) is 10.7. The number of piperidine rings is 1. The lowest BCUT2D eigenvalue weighted by Gasteiger charge is -2.31. The van der Waals surface area contributed by atoms with Gasteiger partial charge >= 0.3 is 0 Å². The molecule has 0 bridgehead atoms. The van der Waals surface area contributed by atoms with Gasteiger partial charge < -0.3 is 4.90 Å². The van der Waals surface area contributed by atoms with E-state index >= 15 is 0 Å². The van der Waals surface area contributed by atoms with Crippen LogP contribution >= 0.6 is 22.9 Å². The fraction of sp³-hybridized carbons (Fsp3) is 0.450. The number of carbonyl (C=O) groups excluding carboxylic acids is 2. The van der Waals surface area contributed by atoms with Crippen molar-refractivity contribution >= 4 is 39.9 Å². The van der Waals surface area contributed by atoms with Crippen molar-refractivity contribution in [3.63, 3.8) is 0 Å². The number of benzene rings is 1. The number of amides is 2. The van der Waals surface area contributed by atoms with Gasteiger partial charge in [-0.25, -0.2) is 4.98 Å². The Morgan fingerprint density at radius 1 is 1.11 bits per heavy atom. The van der Waals surface area contributed by atoms with Gasteiger partial charge in [-0.1, -0.05) is 11.6 Å². The number of thiazole rings is 1. The number of hydrogen-bond acceptors (Lipinski definition) is 4. The van der Waals surface area contributed by atoms with E-state index in [0.29, 0.717) is 15.7 Å². The second-order valence-electron chi connectivity index (χ2n) is 7.12. The maximum absolute atomic E-state index is 13.0. The molecule has 1 atom stereocenters. The quantitative estimate of drug-likeness (QED) is 0.821. The molecule has 2 aliphatic rings. The summed E-state index contributed by atoms with van der Waals surface area (Å²) in [4.78, 5) is 33.2. The number of carbonyl (C=O) groups is 2. The summed E-state index contributed by atoms with van der Waals surface area (Å²) in [6.45, 7) is 1.71. The molecule has 0 saturated carbocycles. The van der Waals surface area contributed by atoms with Gasteiger partial charge in [0.05, 0.1) is 11.6 Å². The highest BCUT2D eigenvalue weighted by atomic mass is 35.5. The summed E-state index contributed by atoms with van der Waals surface area (Å²) in [5.74, 6) is -0.169. The number of anilines is 1. The number of aryl methyl sites for hydroxylation is 1.